The normalized spacial score (nSPS) is 23.9. The average Bonchev–Trinajstić information content (AvgIpc) is 3.23. The lowest BCUT2D eigenvalue weighted by atomic mass is 9.98. The maximum Gasteiger partial charge on any atom is 0.0309 e. The number of hydrogen-bond acceptors (Lipinski definition) is 0. The van der Waals surface area contributed by atoms with E-state index < -0.39 is 0 Å². The Labute approximate surface area is 138 Å². The molecule has 0 nitrogen and oxygen atoms in total. The molecule has 0 amide bonds. The summed E-state index contributed by atoms with van der Waals surface area (Å²) in [4.78, 5) is 0. The maximum absolute atomic E-state index is 3.80. The zero-order valence-corrected chi connectivity index (χ0v) is 13.4. The fraction of sp³-hybridized carbons (Fsp3) is 0.261. The Morgan fingerprint density at radius 1 is 0.826 bits per heavy atom. The first kappa shape index (κ1) is 14.3. The molecule has 2 atom stereocenters. The lowest BCUT2D eigenvalue weighted by molar-refractivity contribution is 0.611. The van der Waals surface area contributed by atoms with E-state index in [4.69, 9.17) is 0 Å². The van der Waals surface area contributed by atoms with Crippen molar-refractivity contribution < 1.29 is 0 Å². The number of hydrogen-bond donors (Lipinski definition) is 0. The Morgan fingerprint density at radius 3 is 2.13 bits per heavy atom. The van der Waals surface area contributed by atoms with Crippen LogP contribution in [0.3, 0.4) is 0 Å². The molecular formula is C23H22. The molecule has 0 aliphatic heterocycles. The molecule has 0 heteroatoms. The predicted octanol–water partition coefficient (Wildman–Crippen LogP) is 6.02. The van der Waals surface area contributed by atoms with Gasteiger partial charge in [-0.05, 0) is 41.9 Å². The fourth-order valence-electron chi connectivity index (χ4n) is 3.62. The molecule has 114 valence electrons. The predicted molar refractivity (Wildman–Crippen MR) is 97.0 cm³/mol. The number of rotatable bonds is 2. The molecule has 0 unspecified atom stereocenters. The highest BCUT2D eigenvalue weighted by Crippen LogP contribution is 2.50. The highest BCUT2D eigenvalue weighted by atomic mass is 14.4. The van der Waals surface area contributed by atoms with E-state index in [1.165, 1.54) is 48.0 Å². The smallest absolute Gasteiger partial charge is 0.0309 e. The van der Waals surface area contributed by atoms with Gasteiger partial charge in [0.25, 0.3) is 0 Å². The lowest BCUT2D eigenvalue weighted by Crippen LogP contribution is -1.86. The van der Waals surface area contributed by atoms with Gasteiger partial charge in [-0.2, -0.15) is 0 Å². The van der Waals surface area contributed by atoms with Gasteiger partial charge in [0, 0.05) is 11.5 Å². The first-order valence-electron chi connectivity index (χ1n) is 8.72. The van der Waals surface area contributed by atoms with Gasteiger partial charge in [-0.25, -0.2) is 0 Å². The van der Waals surface area contributed by atoms with E-state index in [2.05, 4.69) is 78.5 Å². The average molecular weight is 298 g/mol. The van der Waals surface area contributed by atoms with Gasteiger partial charge in [-0.3, -0.25) is 0 Å². The van der Waals surface area contributed by atoms with Gasteiger partial charge in [-0.1, -0.05) is 79.2 Å². The van der Waals surface area contributed by atoms with Crippen LogP contribution in [0, 0.1) is 11.8 Å². The molecule has 0 bridgehead atoms. The molecule has 0 aromatic heterocycles. The number of allylic oxidation sites excluding steroid dienone is 3. The van der Waals surface area contributed by atoms with Crippen LogP contribution < -0.4 is 0 Å². The number of fused-ring (bicyclic) bond motifs is 1. The third kappa shape index (κ3) is 3.09. The van der Waals surface area contributed by atoms with Crippen molar-refractivity contribution in [2.45, 2.75) is 25.7 Å². The standard InChI is InChI=1S/C23H22/c1-2-10-16-21-20(15-9-1)23(21)17-22(18-11-5-3-6-12-18)19-13-7-4-8-14-19/h3-9,11-15,20-21H,1-2,10,16H2/b15-9-/t20-,21+/m1/s1. The largest absolute Gasteiger partial charge is 0.112 e. The quantitative estimate of drug-likeness (QED) is 0.470. The second-order valence-electron chi connectivity index (χ2n) is 6.53. The highest BCUT2D eigenvalue weighted by molar-refractivity contribution is 5.80. The molecule has 0 spiro atoms. The summed E-state index contributed by atoms with van der Waals surface area (Å²) in [6.45, 7) is 0. The van der Waals surface area contributed by atoms with Crippen molar-refractivity contribution >= 4 is 5.57 Å². The van der Waals surface area contributed by atoms with Crippen LogP contribution in [-0.4, -0.2) is 0 Å². The Balaban J connectivity index is 1.82. The van der Waals surface area contributed by atoms with E-state index in [9.17, 15) is 0 Å². The molecule has 2 aromatic carbocycles. The first-order valence-corrected chi connectivity index (χ1v) is 8.72. The van der Waals surface area contributed by atoms with Crippen molar-refractivity contribution in [3.05, 3.63) is 95.2 Å². The summed E-state index contributed by atoms with van der Waals surface area (Å²) in [5.74, 6) is 1.37. The zero-order chi connectivity index (χ0) is 15.5. The van der Waals surface area contributed by atoms with Crippen LogP contribution in [0.5, 0.6) is 0 Å². The Bertz CT molecular complexity index is 717. The topological polar surface area (TPSA) is 0 Å². The van der Waals surface area contributed by atoms with Crippen LogP contribution in [0.4, 0.5) is 0 Å². The van der Waals surface area contributed by atoms with Crippen LogP contribution in [0.2, 0.25) is 0 Å². The molecule has 1 saturated carbocycles. The van der Waals surface area contributed by atoms with Gasteiger partial charge in [0.2, 0.25) is 0 Å². The van der Waals surface area contributed by atoms with Crippen molar-refractivity contribution in [1.82, 2.24) is 0 Å². The Hall–Kier alpha value is -2.30. The minimum absolute atomic E-state index is 0.637. The molecule has 23 heavy (non-hydrogen) atoms. The van der Waals surface area contributed by atoms with Crippen LogP contribution in [0.25, 0.3) is 5.57 Å². The monoisotopic (exact) mass is 298 g/mol. The summed E-state index contributed by atoms with van der Waals surface area (Å²) in [6, 6.07) is 21.4. The molecule has 2 aliphatic rings. The molecule has 0 saturated heterocycles. The minimum atomic E-state index is 0.637. The summed E-state index contributed by atoms with van der Waals surface area (Å²) in [7, 11) is 0. The summed E-state index contributed by atoms with van der Waals surface area (Å²) >= 11 is 0. The summed E-state index contributed by atoms with van der Waals surface area (Å²) in [5.41, 5.74) is 9.06. The van der Waals surface area contributed by atoms with E-state index >= 15 is 0 Å². The van der Waals surface area contributed by atoms with E-state index in [1.807, 2.05) is 0 Å². The summed E-state index contributed by atoms with van der Waals surface area (Å²) in [5, 5.41) is 0. The van der Waals surface area contributed by atoms with Gasteiger partial charge in [0.1, 0.15) is 0 Å². The second-order valence-corrected chi connectivity index (χ2v) is 6.53. The molecule has 0 heterocycles. The van der Waals surface area contributed by atoms with E-state index in [0.29, 0.717) is 5.92 Å². The van der Waals surface area contributed by atoms with Gasteiger partial charge in [-0.15, -0.1) is 5.73 Å². The fourth-order valence-corrected chi connectivity index (χ4v) is 3.62. The Morgan fingerprint density at radius 2 is 1.48 bits per heavy atom. The van der Waals surface area contributed by atoms with E-state index in [-0.39, 0.29) is 0 Å². The molecule has 1 fully saturated rings. The Kier molecular flexibility index (Phi) is 4.01. The zero-order valence-electron chi connectivity index (χ0n) is 13.4. The molecule has 0 radical (unpaired) electrons. The van der Waals surface area contributed by atoms with Crippen molar-refractivity contribution in [3.8, 4) is 0 Å². The lowest BCUT2D eigenvalue weighted by Gasteiger charge is -2.05. The number of benzene rings is 2. The molecule has 4 rings (SSSR count). The summed E-state index contributed by atoms with van der Waals surface area (Å²) < 4.78 is 0. The van der Waals surface area contributed by atoms with Crippen molar-refractivity contribution in [2.75, 3.05) is 0 Å². The van der Waals surface area contributed by atoms with E-state index in [0.717, 1.165) is 5.92 Å². The molecular weight excluding hydrogens is 276 g/mol. The van der Waals surface area contributed by atoms with Gasteiger partial charge >= 0.3 is 0 Å². The van der Waals surface area contributed by atoms with Crippen molar-refractivity contribution in [1.29, 1.82) is 0 Å². The molecule has 0 N–H and O–H groups in total. The SMILES string of the molecule is C(=C(c1ccccc1)c1ccccc1)=C1[C@H]2CCCC/C=C\[C@@H]12. The second kappa shape index (κ2) is 6.44. The van der Waals surface area contributed by atoms with Gasteiger partial charge in [0.15, 0.2) is 0 Å². The third-order valence-corrected chi connectivity index (χ3v) is 4.96. The van der Waals surface area contributed by atoms with E-state index in [1.54, 1.807) is 0 Å². The highest BCUT2D eigenvalue weighted by Gasteiger charge is 2.41. The van der Waals surface area contributed by atoms with Crippen LogP contribution >= 0.6 is 0 Å². The molecule has 2 aliphatic carbocycles. The third-order valence-electron chi connectivity index (χ3n) is 4.96. The summed E-state index contributed by atoms with van der Waals surface area (Å²) in [6.07, 6.45) is 10.0. The minimum Gasteiger partial charge on any atom is -0.112 e. The van der Waals surface area contributed by atoms with Crippen molar-refractivity contribution in [3.63, 3.8) is 0 Å². The van der Waals surface area contributed by atoms with Gasteiger partial charge in [0.05, 0.1) is 0 Å². The van der Waals surface area contributed by atoms with Crippen LogP contribution in [0.15, 0.2) is 84.1 Å². The molecule has 2 aromatic rings. The van der Waals surface area contributed by atoms with Crippen LogP contribution in [0.1, 0.15) is 36.8 Å². The van der Waals surface area contributed by atoms with Crippen molar-refractivity contribution in [2.24, 2.45) is 11.8 Å². The first-order chi connectivity index (χ1) is 11.4. The maximum atomic E-state index is 3.80. The van der Waals surface area contributed by atoms with Crippen LogP contribution in [-0.2, 0) is 0 Å². The van der Waals surface area contributed by atoms with Gasteiger partial charge < -0.3 is 0 Å².